The summed E-state index contributed by atoms with van der Waals surface area (Å²) in [5.74, 6) is -0.268. The lowest BCUT2D eigenvalue weighted by atomic mass is 9.98. The first-order valence-corrected chi connectivity index (χ1v) is 7.94. The summed E-state index contributed by atoms with van der Waals surface area (Å²) in [5.41, 5.74) is 0.566. The van der Waals surface area contributed by atoms with Crippen molar-refractivity contribution in [3.8, 4) is 0 Å². The van der Waals surface area contributed by atoms with Gasteiger partial charge in [-0.05, 0) is 24.6 Å². The summed E-state index contributed by atoms with van der Waals surface area (Å²) < 4.78 is 0. The fourth-order valence-electron chi connectivity index (χ4n) is 2.08. The van der Waals surface area contributed by atoms with Crippen LogP contribution in [-0.4, -0.2) is 37.5 Å². The largest absolute Gasteiger partial charge is 0.353 e. The van der Waals surface area contributed by atoms with E-state index in [1.807, 2.05) is 39.0 Å². The SMILES string of the molecule is CCNCCNC(=O)C(NC(=O)c1ccccc1)C(C)CC. The molecule has 0 saturated heterocycles. The highest BCUT2D eigenvalue weighted by molar-refractivity contribution is 5.97. The molecule has 3 N–H and O–H groups in total. The second kappa shape index (κ2) is 9.95. The summed E-state index contributed by atoms with van der Waals surface area (Å²) in [6, 6.07) is 8.45. The van der Waals surface area contributed by atoms with Crippen molar-refractivity contribution in [1.82, 2.24) is 16.0 Å². The molecular formula is C17H27N3O2. The third-order valence-corrected chi connectivity index (χ3v) is 3.67. The van der Waals surface area contributed by atoms with Crippen LogP contribution < -0.4 is 16.0 Å². The molecule has 2 unspecified atom stereocenters. The summed E-state index contributed by atoms with van der Waals surface area (Å²) in [5, 5.41) is 8.88. The van der Waals surface area contributed by atoms with E-state index >= 15 is 0 Å². The first kappa shape index (κ1) is 18.2. The lowest BCUT2D eigenvalue weighted by Crippen LogP contribution is -2.51. The predicted molar refractivity (Wildman–Crippen MR) is 88.7 cm³/mol. The van der Waals surface area contributed by atoms with Crippen molar-refractivity contribution in [2.45, 2.75) is 33.2 Å². The molecule has 0 spiro atoms. The van der Waals surface area contributed by atoms with Gasteiger partial charge in [0.1, 0.15) is 6.04 Å². The van der Waals surface area contributed by atoms with Gasteiger partial charge >= 0.3 is 0 Å². The van der Waals surface area contributed by atoms with Crippen molar-refractivity contribution in [2.24, 2.45) is 5.92 Å². The molecule has 1 aromatic carbocycles. The Balaban J connectivity index is 2.64. The van der Waals surface area contributed by atoms with Crippen LogP contribution >= 0.6 is 0 Å². The first-order valence-electron chi connectivity index (χ1n) is 7.94. The average Bonchev–Trinajstić information content (AvgIpc) is 2.56. The molecule has 0 heterocycles. The lowest BCUT2D eigenvalue weighted by Gasteiger charge is -2.23. The predicted octanol–water partition coefficient (Wildman–Crippen LogP) is 1.56. The van der Waals surface area contributed by atoms with E-state index in [0.29, 0.717) is 12.1 Å². The van der Waals surface area contributed by atoms with Gasteiger partial charge in [0, 0.05) is 18.7 Å². The van der Waals surface area contributed by atoms with Gasteiger partial charge in [0.2, 0.25) is 5.91 Å². The Kier molecular flexibility index (Phi) is 8.22. The highest BCUT2D eigenvalue weighted by Gasteiger charge is 2.25. The first-order chi connectivity index (χ1) is 10.6. The van der Waals surface area contributed by atoms with Gasteiger partial charge in [-0.25, -0.2) is 0 Å². The number of nitrogens with one attached hydrogen (secondary N) is 3. The smallest absolute Gasteiger partial charge is 0.251 e. The van der Waals surface area contributed by atoms with Gasteiger partial charge in [0.15, 0.2) is 0 Å². The molecule has 5 nitrogen and oxygen atoms in total. The molecule has 0 aromatic heterocycles. The minimum atomic E-state index is -0.515. The summed E-state index contributed by atoms with van der Waals surface area (Å²) in [6.45, 7) is 8.15. The number of hydrogen-bond donors (Lipinski definition) is 3. The van der Waals surface area contributed by atoms with E-state index in [2.05, 4.69) is 16.0 Å². The second-order valence-corrected chi connectivity index (χ2v) is 5.35. The van der Waals surface area contributed by atoms with Crippen LogP contribution in [-0.2, 0) is 4.79 Å². The third kappa shape index (κ3) is 5.85. The Morgan fingerprint density at radius 1 is 1.09 bits per heavy atom. The monoisotopic (exact) mass is 305 g/mol. The van der Waals surface area contributed by atoms with Crippen molar-refractivity contribution >= 4 is 11.8 Å². The summed E-state index contributed by atoms with van der Waals surface area (Å²) in [7, 11) is 0. The molecule has 1 aromatic rings. The fraction of sp³-hybridized carbons (Fsp3) is 0.529. The van der Waals surface area contributed by atoms with E-state index in [0.717, 1.165) is 19.5 Å². The van der Waals surface area contributed by atoms with Gasteiger partial charge in [-0.15, -0.1) is 0 Å². The van der Waals surface area contributed by atoms with Gasteiger partial charge in [0.25, 0.3) is 5.91 Å². The topological polar surface area (TPSA) is 70.2 Å². The Morgan fingerprint density at radius 2 is 1.77 bits per heavy atom. The summed E-state index contributed by atoms with van der Waals surface area (Å²) in [4.78, 5) is 24.6. The van der Waals surface area contributed by atoms with Gasteiger partial charge in [-0.3, -0.25) is 9.59 Å². The molecular weight excluding hydrogens is 278 g/mol. The Labute approximate surface area is 132 Å². The van der Waals surface area contributed by atoms with Gasteiger partial charge in [-0.2, -0.15) is 0 Å². The molecule has 0 aliphatic carbocycles. The molecule has 1 rings (SSSR count). The van der Waals surface area contributed by atoms with E-state index in [4.69, 9.17) is 0 Å². The van der Waals surface area contributed by atoms with Crippen LogP contribution in [0.3, 0.4) is 0 Å². The van der Waals surface area contributed by atoms with Crippen molar-refractivity contribution in [3.63, 3.8) is 0 Å². The number of carbonyl (C=O) groups excluding carboxylic acids is 2. The number of carbonyl (C=O) groups is 2. The number of benzene rings is 1. The van der Waals surface area contributed by atoms with Gasteiger partial charge in [0.05, 0.1) is 0 Å². The number of hydrogen-bond acceptors (Lipinski definition) is 3. The molecule has 122 valence electrons. The molecule has 0 saturated carbocycles. The van der Waals surface area contributed by atoms with E-state index in [1.54, 1.807) is 12.1 Å². The van der Waals surface area contributed by atoms with Crippen molar-refractivity contribution in [2.75, 3.05) is 19.6 Å². The Bertz CT molecular complexity index is 462. The van der Waals surface area contributed by atoms with Crippen LogP contribution in [0.4, 0.5) is 0 Å². The van der Waals surface area contributed by atoms with Gasteiger partial charge < -0.3 is 16.0 Å². The molecule has 0 aliphatic heterocycles. The maximum Gasteiger partial charge on any atom is 0.251 e. The number of rotatable bonds is 9. The van der Waals surface area contributed by atoms with Crippen molar-refractivity contribution < 1.29 is 9.59 Å². The van der Waals surface area contributed by atoms with Crippen LogP contribution in [0.5, 0.6) is 0 Å². The Hall–Kier alpha value is -1.88. The van der Waals surface area contributed by atoms with Crippen LogP contribution in [0.1, 0.15) is 37.6 Å². The number of amides is 2. The normalized spacial score (nSPS) is 13.2. The average molecular weight is 305 g/mol. The van der Waals surface area contributed by atoms with E-state index in [9.17, 15) is 9.59 Å². The van der Waals surface area contributed by atoms with E-state index in [-0.39, 0.29) is 17.7 Å². The van der Waals surface area contributed by atoms with Crippen molar-refractivity contribution in [3.05, 3.63) is 35.9 Å². The minimum Gasteiger partial charge on any atom is -0.353 e. The minimum absolute atomic E-state index is 0.0757. The van der Waals surface area contributed by atoms with E-state index < -0.39 is 6.04 Å². The fourth-order valence-corrected chi connectivity index (χ4v) is 2.08. The zero-order valence-electron chi connectivity index (χ0n) is 13.7. The molecule has 0 radical (unpaired) electrons. The molecule has 2 amide bonds. The molecule has 2 atom stereocenters. The van der Waals surface area contributed by atoms with Gasteiger partial charge in [-0.1, -0.05) is 45.4 Å². The maximum absolute atomic E-state index is 12.3. The molecule has 22 heavy (non-hydrogen) atoms. The molecule has 0 bridgehead atoms. The zero-order chi connectivity index (χ0) is 16.4. The van der Waals surface area contributed by atoms with Crippen LogP contribution in [0.25, 0.3) is 0 Å². The summed E-state index contributed by atoms with van der Waals surface area (Å²) >= 11 is 0. The highest BCUT2D eigenvalue weighted by Crippen LogP contribution is 2.09. The van der Waals surface area contributed by atoms with Crippen LogP contribution in [0.15, 0.2) is 30.3 Å². The van der Waals surface area contributed by atoms with Crippen LogP contribution in [0, 0.1) is 5.92 Å². The summed E-state index contributed by atoms with van der Waals surface area (Å²) in [6.07, 6.45) is 0.820. The van der Waals surface area contributed by atoms with E-state index in [1.165, 1.54) is 0 Å². The molecule has 5 heteroatoms. The lowest BCUT2D eigenvalue weighted by molar-refractivity contribution is -0.124. The highest BCUT2D eigenvalue weighted by atomic mass is 16.2. The second-order valence-electron chi connectivity index (χ2n) is 5.35. The molecule has 0 aliphatic rings. The Morgan fingerprint density at radius 3 is 2.36 bits per heavy atom. The van der Waals surface area contributed by atoms with Crippen LogP contribution in [0.2, 0.25) is 0 Å². The zero-order valence-corrected chi connectivity index (χ0v) is 13.7. The number of likely N-dealkylation sites (N-methyl/N-ethyl adjacent to an activating group) is 1. The maximum atomic E-state index is 12.3. The third-order valence-electron chi connectivity index (χ3n) is 3.67. The molecule has 0 fully saturated rings. The standard InChI is InChI=1S/C17H27N3O2/c1-4-13(3)15(17(22)19-12-11-18-5-2)20-16(21)14-9-7-6-8-10-14/h6-10,13,15,18H,4-5,11-12H2,1-3H3,(H,19,22)(H,20,21). The van der Waals surface area contributed by atoms with Crippen molar-refractivity contribution in [1.29, 1.82) is 0 Å². The quantitative estimate of drug-likeness (QED) is 0.606.